The fourth-order valence-electron chi connectivity index (χ4n) is 3.02. The van der Waals surface area contributed by atoms with Crippen molar-refractivity contribution in [2.75, 3.05) is 6.61 Å². The summed E-state index contributed by atoms with van der Waals surface area (Å²) in [5.74, 6) is -0.855. The molecule has 3 rings (SSSR count). The van der Waals surface area contributed by atoms with Gasteiger partial charge in [-0.1, -0.05) is 30.3 Å². The van der Waals surface area contributed by atoms with E-state index in [4.69, 9.17) is 9.47 Å². The molecule has 0 radical (unpaired) electrons. The van der Waals surface area contributed by atoms with Gasteiger partial charge in [-0.3, -0.25) is 4.79 Å². The van der Waals surface area contributed by atoms with Gasteiger partial charge in [-0.05, 0) is 18.4 Å². The highest BCUT2D eigenvalue weighted by molar-refractivity contribution is 5.76. The molecule has 2 fully saturated rings. The van der Waals surface area contributed by atoms with Gasteiger partial charge in [0.15, 0.2) is 0 Å². The van der Waals surface area contributed by atoms with E-state index in [0.717, 1.165) is 5.56 Å². The molecule has 2 N–H and O–H groups in total. The van der Waals surface area contributed by atoms with Crippen molar-refractivity contribution in [3.8, 4) is 0 Å². The second-order valence-electron chi connectivity index (χ2n) is 5.66. The van der Waals surface area contributed by atoms with Gasteiger partial charge in [-0.2, -0.15) is 0 Å². The van der Waals surface area contributed by atoms with Crippen molar-refractivity contribution in [2.24, 2.45) is 5.41 Å². The monoisotopic (exact) mass is 291 g/mol. The van der Waals surface area contributed by atoms with Crippen LogP contribution in [0.3, 0.4) is 0 Å². The lowest BCUT2D eigenvalue weighted by atomic mass is 9.88. The summed E-state index contributed by atoms with van der Waals surface area (Å²) in [6.07, 6.45) is 0.0743. The molecule has 0 aromatic heterocycles. The van der Waals surface area contributed by atoms with Crippen molar-refractivity contribution >= 4 is 12.1 Å². The number of benzene rings is 1. The Hall–Kier alpha value is -2.08. The number of amides is 1. The predicted molar refractivity (Wildman–Crippen MR) is 72.6 cm³/mol. The number of rotatable bonds is 4. The molecule has 6 heteroatoms. The van der Waals surface area contributed by atoms with E-state index in [-0.39, 0.29) is 25.4 Å². The van der Waals surface area contributed by atoms with Crippen LogP contribution in [0.25, 0.3) is 0 Å². The van der Waals surface area contributed by atoms with Gasteiger partial charge >= 0.3 is 12.1 Å². The Morgan fingerprint density at radius 1 is 1.33 bits per heavy atom. The number of ether oxygens (including phenoxy) is 2. The maximum Gasteiger partial charge on any atom is 0.407 e. The highest BCUT2D eigenvalue weighted by Gasteiger charge is 2.57. The summed E-state index contributed by atoms with van der Waals surface area (Å²) >= 11 is 0. The molecule has 0 unspecified atom stereocenters. The maximum absolute atomic E-state index is 11.8. The number of carboxylic acid groups (broad SMARTS) is 1. The molecule has 112 valence electrons. The number of alkyl carbamates (subject to hydrolysis) is 1. The average Bonchev–Trinajstić information content (AvgIpc) is 3.06. The Morgan fingerprint density at radius 3 is 2.76 bits per heavy atom. The molecule has 6 nitrogen and oxygen atoms in total. The second-order valence-corrected chi connectivity index (χ2v) is 5.66. The van der Waals surface area contributed by atoms with Crippen LogP contribution in [-0.2, 0) is 20.9 Å². The Bertz CT molecular complexity index is 546. The Kier molecular flexibility index (Phi) is 3.55. The van der Waals surface area contributed by atoms with Gasteiger partial charge in [-0.25, -0.2) is 4.79 Å². The first kappa shape index (κ1) is 13.9. The lowest BCUT2D eigenvalue weighted by Crippen LogP contribution is -2.45. The molecule has 1 aliphatic carbocycles. The van der Waals surface area contributed by atoms with E-state index in [1.165, 1.54) is 0 Å². The number of nitrogens with one attached hydrogen (secondary N) is 1. The zero-order chi connectivity index (χ0) is 14.9. The first-order chi connectivity index (χ1) is 10.1. The Labute approximate surface area is 122 Å². The minimum Gasteiger partial charge on any atom is -0.481 e. The summed E-state index contributed by atoms with van der Waals surface area (Å²) in [5.41, 5.74) is 0.0565. The lowest BCUT2D eigenvalue weighted by Gasteiger charge is -2.26. The van der Waals surface area contributed by atoms with Gasteiger partial charge < -0.3 is 19.9 Å². The predicted octanol–water partition coefficient (Wildman–Crippen LogP) is 1.54. The van der Waals surface area contributed by atoms with Gasteiger partial charge in [0.2, 0.25) is 0 Å². The van der Waals surface area contributed by atoms with E-state index >= 15 is 0 Å². The van der Waals surface area contributed by atoms with Gasteiger partial charge in [0.05, 0.1) is 24.2 Å². The first-order valence-corrected chi connectivity index (χ1v) is 6.91. The third kappa shape index (κ3) is 2.71. The van der Waals surface area contributed by atoms with E-state index in [0.29, 0.717) is 12.8 Å². The van der Waals surface area contributed by atoms with Crippen molar-refractivity contribution in [1.82, 2.24) is 5.32 Å². The van der Waals surface area contributed by atoms with Crippen LogP contribution in [-0.4, -0.2) is 35.9 Å². The van der Waals surface area contributed by atoms with Crippen LogP contribution in [0.4, 0.5) is 4.79 Å². The minimum atomic E-state index is -0.855. The second kappa shape index (κ2) is 5.37. The standard InChI is InChI=1S/C15H17NO5/c17-13(18)15-6-11(12(7-15)21-9-15)16-14(19)20-8-10-4-2-1-3-5-10/h1-5,11-12H,6-9H2,(H,16,19)(H,17,18)/t11-,12-,15+/m1/s1. The number of aliphatic carboxylic acids is 1. The molecular weight excluding hydrogens is 274 g/mol. The zero-order valence-corrected chi connectivity index (χ0v) is 11.5. The fraction of sp³-hybridized carbons (Fsp3) is 0.467. The number of carbonyl (C=O) groups is 2. The topological polar surface area (TPSA) is 84.9 Å². The highest BCUT2D eigenvalue weighted by atomic mass is 16.5. The number of fused-ring (bicyclic) bond motifs is 2. The van der Waals surface area contributed by atoms with Gasteiger partial charge in [0, 0.05) is 0 Å². The third-order valence-electron chi connectivity index (χ3n) is 4.19. The van der Waals surface area contributed by atoms with Crippen LogP contribution in [0.5, 0.6) is 0 Å². The molecule has 1 heterocycles. The molecule has 1 amide bonds. The Morgan fingerprint density at radius 2 is 2.10 bits per heavy atom. The highest BCUT2D eigenvalue weighted by Crippen LogP contribution is 2.46. The number of carboxylic acids is 1. The molecule has 2 bridgehead atoms. The summed E-state index contributed by atoms with van der Waals surface area (Å²) in [6, 6.07) is 9.08. The summed E-state index contributed by atoms with van der Waals surface area (Å²) < 4.78 is 10.6. The SMILES string of the molecule is O=C(N[C@@H]1C[C@@]2(C(=O)O)CO[C@@H]1C2)OCc1ccccc1. The number of carbonyl (C=O) groups excluding carboxylic acids is 1. The molecule has 1 aliphatic heterocycles. The fourth-order valence-corrected chi connectivity index (χ4v) is 3.02. The van der Waals surface area contributed by atoms with Crippen LogP contribution < -0.4 is 5.32 Å². The third-order valence-corrected chi connectivity index (χ3v) is 4.19. The van der Waals surface area contributed by atoms with E-state index in [9.17, 15) is 14.7 Å². The van der Waals surface area contributed by atoms with Crippen molar-refractivity contribution in [3.05, 3.63) is 35.9 Å². The van der Waals surface area contributed by atoms with Crippen LogP contribution in [0.15, 0.2) is 30.3 Å². The smallest absolute Gasteiger partial charge is 0.407 e. The van der Waals surface area contributed by atoms with Crippen LogP contribution in [0.1, 0.15) is 18.4 Å². The van der Waals surface area contributed by atoms with E-state index in [1.54, 1.807) is 0 Å². The zero-order valence-electron chi connectivity index (χ0n) is 11.5. The average molecular weight is 291 g/mol. The van der Waals surface area contributed by atoms with Crippen LogP contribution in [0.2, 0.25) is 0 Å². The molecule has 1 aromatic carbocycles. The lowest BCUT2D eigenvalue weighted by molar-refractivity contribution is -0.150. The summed E-state index contributed by atoms with van der Waals surface area (Å²) in [6.45, 7) is 0.416. The summed E-state index contributed by atoms with van der Waals surface area (Å²) in [4.78, 5) is 23.1. The van der Waals surface area contributed by atoms with Crippen LogP contribution in [0, 0.1) is 5.41 Å². The van der Waals surface area contributed by atoms with Crippen molar-refractivity contribution in [3.63, 3.8) is 0 Å². The first-order valence-electron chi connectivity index (χ1n) is 6.91. The molecule has 2 aliphatic rings. The normalized spacial score (nSPS) is 30.1. The largest absolute Gasteiger partial charge is 0.481 e. The van der Waals surface area contributed by atoms with Crippen LogP contribution >= 0.6 is 0 Å². The number of hydrogen-bond acceptors (Lipinski definition) is 4. The molecule has 0 spiro atoms. The van der Waals surface area contributed by atoms with Gasteiger partial charge in [-0.15, -0.1) is 0 Å². The van der Waals surface area contributed by atoms with E-state index in [2.05, 4.69) is 5.32 Å². The van der Waals surface area contributed by atoms with Gasteiger partial charge in [0.25, 0.3) is 0 Å². The van der Waals surface area contributed by atoms with E-state index in [1.807, 2.05) is 30.3 Å². The summed E-state index contributed by atoms with van der Waals surface area (Å²) in [7, 11) is 0. The van der Waals surface area contributed by atoms with Crippen molar-refractivity contribution in [2.45, 2.75) is 31.6 Å². The van der Waals surface area contributed by atoms with Gasteiger partial charge in [0.1, 0.15) is 6.61 Å². The number of hydrogen-bond donors (Lipinski definition) is 2. The Balaban J connectivity index is 1.51. The minimum absolute atomic E-state index is 0.189. The molecule has 3 atom stereocenters. The molecule has 1 aromatic rings. The summed E-state index contributed by atoms with van der Waals surface area (Å²) in [5, 5.41) is 12.0. The van der Waals surface area contributed by atoms with Crippen molar-refractivity contribution in [1.29, 1.82) is 0 Å². The maximum atomic E-state index is 11.8. The molecule has 1 saturated carbocycles. The van der Waals surface area contributed by atoms with E-state index < -0.39 is 17.5 Å². The molecule has 21 heavy (non-hydrogen) atoms. The molecular formula is C15H17NO5. The van der Waals surface area contributed by atoms with Crippen molar-refractivity contribution < 1.29 is 24.2 Å². The molecule has 1 saturated heterocycles. The quantitative estimate of drug-likeness (QED) is 0.879.